The normalized spacial score (nSPS) is 18.0. The van der Waals surface area contributed by atoms with Gasteiger partial charge in [0.25, 0.3) is 0 Å². The van der Waals surface area contributed by atoms with Crippen LogP contribution in [0.5, 0.6) is 5.75 Å². The van der Waals surface area contributed by atoms with Crippen LogP contribution in [-0.2, 0) is 26.5 Å². The molecule has 2 heterocycles. The van der Waals surface area contributed by atoms with E-state index in [0.717, 1.165) is 31.4 Å². The summed E-state index contributed by atoms with van der Waals surface area (Å²) in [5, 5.41) is -0.257. The van der Waals surface area contributed by atoms with Gasteiger partial charge in [-0.3, -0.25) is 0 Å². The van der Waals surface area contributed by atoms with Gasteiger partial charge in [-0.05, 0) is 67.1 Å². The minimum Gasteiger partial charge on any atom is -0.495 e. The Labute approximate surface area is 246 Å². The highest BCUT2D eigenvalue weighted by molar-refractivity contribution is 7.89. The van der Waals surface area contributed by atoms with Crippen LogP contribution >= 0.6 is 11.6 Å². The van der Waals surface area contributed by atoms with E-state index in [-0.39, 0.29) is 27.9 Å². The molecule has 41 heavy (non-hydrogen) atoms. The van der Waals surface area contributed by atoms with E-state index < -0.39 is 25.9 Å². The van der Waals surface area contributed by atoms with Gasteiger partial charge in [0.05, 0.1) is 27.6 Å². The Kier molecular flexibility index (Phi) is 8.91. The largest absolute Gasteiger partial charge is 0.495 e. The molecule has 8 nitrogen and oxygen atoms in total. The number of hydrogen-bond acceptors (Lipinski definition) is 6. The molecule has 5 rings (SSSR count). The highest BCUT2D eigenvalue weighted by Crippen LogP contribution is 2.35. The number of benzene rings is 3. The van der Waals surface area contributed by atoms with Crippen LogP contribution < -0.4 is 9.64 Å². The lowest BCUT2D eigenvalue weighted by atomic mass is 9.91. The number of hydrogen-bond donors (Lipinski definition) is 0. The molecule has 0 radical (unpaired) electrons. The minimum atomic E-state index is -3.87. The first kappa shape index (κ1) is 29.8. The zero-order valence-electron chi connectivity index (χ0n) is 22.7. The standard InChI is InChI=1S/C29H33ClFN3O5S2/c1-39-29-10-8-25(41(37,38)33-13-11-23(12-14-33)19-22-5-3-2-4-6-22)21-28(29)32-15-17-34(18-16-32)40(35,36)24-7-9-27(31)26(30)20-24/h2-10,20-21,23H,11-19H2,1H3. The van der Waals surface area contributed by atoms with E-state index in [1.54, 1.807) is 22.5 Å². The topological polar surface area (TPSA) is 87.2 Å². The van der Waals surface area contributed by atoms with Gasteiger partial charge in [0.15, 0.2) is 0 Å². The van der Waals surface area contributed by atoms with Crippen LogP contribution in [0.25, 0.3) is 0 Å². The SMILES string of the molecule is COc1ccc(S(=O)(=O)N2CCC(Cc3ccccc3)CC2)cc1N1CCN(S(=O)(=O)c2ccc(F)c(Cl)c2)CC1. The van der Waals surface area contributed by atoms with Gasteiger partial charge in [0, 0.05) is 39.3 Å². The zero-order valence-corrected chi connectivity index (χ0v) is 25.1. The summed E-state index contributed by atoms with van der Waals surface area (Å²) in [5.74, 6) is 0.259. The Bertz CT molecular complexity index is 1590. The zero-order chi connectivity index (χ0) is 29.2. The summed E-state index contributed by atoms with van der Waals surface area (Å²) in [7, 11) is -6.07. The van der Waals surface area contributed by atoms with Crippen LogP contribution in [0.1, 0.15) is 18.4 Å². The average molecular weight is 622 g/mol. The molecule has 12 heteroatoms. The lowest BCUT2D eigenvalue weighted by molar-refractivity contribution is 0.273. The van der Waals surface area contributed by atoms with E-state index in [2.05, 4.69) is 12.1 Å². The Balaban J connectivity index is 1.27. The summed E-state index contributed by atoms with van der Waals surface area (Å²) in [6.07, 6.45) is 2.54. The van der Waals surface area contributed by atoms with Crippen molar-refractivity contribution in [3.63, 3.8) is 0 Å². The highest BCUT2D eigenvalue weighted by Gasteiger charge is 2.33. The molecule has 0 bridgehead atoms. The number of halogens is 2. The summed E-state index contributed by atoms with van der Waals surface area (Å²) >= 11 is 5.81. The van der Waals surface area contributed by atoms with Gasteiger partial charge in [0.2, 0.25) is 20.0 Å². The van der Waals surface area contributed by atoms with Crippen LogP contribution in [-0.4, -0.2) is 71.8 Å². The Morgan fingerprint density at radius 1 is 0.805 bits per heavy atom. The Hall–Kier alpha value is -2.70. The summed E-state index contributed by atoms with van der Waals surface area (Å²) in [6.45, 7) is 1.88. The second kappa shape index (κ2) is 12.3. The molecule has 2 saturated heterocycles. The Morgan fingerprint density at radius 2 is 1.39 bits per heavy atom. The van der Waals surface area contributed by atoms with Gasteiger partial charge < -0.3 is 9.64 Å². The fourth-order valence-corrected chi connectivity index (χ4v) is 8.67. The fraction of sp³-hybridized carbons (Fsp3) is 0.379. The van der Waals surface area contributed by atoms with Gasteiger partial charge >= 0.3 is 0 Å². The van der Waals surface area contributed by atoms with Crippen LogP contribution in [0.2, 0.25) is 5.02 Å². The predicted molar refractivity (Wildman–Crippen MR) is 157 cm³/mol. The van der Waals surface area contributed by atoms with Gasteiger partial charge in [0.1, 0.15) is 11.6 Å². The first-order valence-corrected chi connectivity index (χ1v) is 16.8. The van der Waals surface area contributed by atoms with Crippen LogP contribution in [0.4, 0.5) is 10.1 Å². The van der Waals surface area contributed by atoms with Crippen molar-refractivity contribution in [1.29, 1.82) is 0 Å². The van der Waals surface area contributed by atoms with E-state index in [0.29, 0.717) is 43.5 Å². The minimum absolute atomic E-state index is 0.0736. The van der Waals surface area contributed by atoms with Gasteiger partial charge in [-0.15, -0.1) is 0 Å². The molecular formula is C29H33ClFN3O5S2. The summed E-state index contributed by atoms with van der Waals surface area (Å²) in [4.78, 5) is 2.04. The molecule has 3 aromatic carbocycles. The lowest BCUT2D eigenvalue weighted by Gasteiger charge is -2.36. The van der Waals surface area contributed by atoms with E-state index in [1.807, 2.05) is 23.1 Å². The van der Waals surface area contributed by atoms with Crippen molar-refractivity contribution in [2.24, 2.45) is 5.92 Å². The molecule has 0 amide bonds. The van der Waals surface area contributed by atoms with Crippen LogP contribution in [0.15, 0.2) is 76.5 Å². The third kappa shape index (κ3) is 6.39. The third-order valence-electron chi connectivity index (χ3n) is 7.84. The van der Waals surface area contributed by atoms with E-state index >= 15 is 0 Å². The number of ether oxygens (including phenoxy) is 1. The smallest absolute Gasteiger partial charge is 0.243 e. The maximum absolute atomic E-state index is 13.6. The van der Waals surface area contributed by atoms with Crippen LogP contribution in [0, 0.1) is 11.7 Å². The van der Waals surface area contributed by atoms with Crippen molar-refractivity contribution in [3.8, 4) is 5.75 Å². The molecule has 2 aliphatic rings. The number of sulfonamides is 2. The maximum atomic E-state index is 13.6. The molecule has 220 valence electrons. The van der Waals surface area contributed by atoms with Gasteiger partial charge in [-0.1, -0.05) is 41.9 Å². The van der Waals surface area contributed by atoms with Crippen molar-refractivity contribution in [2.75, 3.05) is 51.3 Å². The molecule has 0 aliphatic carbocycles. The number of rotatable bonds is 8. The van der Waals surface area contributed by atoms with E-state index in [4.69, 9.17) is 16.3 Å². The number of methoxy groups -OCH3 is 1. The molecule has 0 saturated carbocycles. The number of piperidine rings is 1. The number of nitrogens with zero attached hydrogens (tertiary/aromatic N) is 3. The van der Waals surface area contributed by atoms with Crippen molar-refractivity contribution < 1.29 is 26.0 Å². The molecule has 0 spiro atoms. The highest BCUT2D eigenvalue weighted by atomic mass is 35.5. The summed E-state index contributed by atoms with van der Waals surface area (Å²) < 4.78 is 75.5. The third-order valence-corrected chi connectivity index (χ3v) is 11.9. The predicted octanol–water partition coefficient (Wildman–Crippen LogP) is 4.64. The molecule has 3 aromatic rings. The molecule has 2 fully saturated rings. The first-order valence-electron chi connectivity index (χ1n) is 13.5. The first-order chi connectivity index (χ1) is 19.6. The molecule has 2 aliphatic heterocycles. The molecule has 0 atom stereocenters. The molecule has 0 unspecified atom stereocenters. The van der Waals surface area contributed by atoms with E-state index in [1.165, 1.54) is 23.0 Å². The Morgan fingerprint density at radius 3 is 2.00 bits per heavy atom. The van der Waals surface area contributed by atoms with Gasteiger partial charge in [-0.2, -0.15) is 8.61 Å². The molecule has 0 aromatic heterocycles. The van der Waals surface area contributed by atoms with Crippen molar-refractivity contribution in [2.45, 2.75) is 29.1 Å². The maximum Gasteiger partial charge on any atom is 0.243 e. The lowest BCUT2D eigenvalue weighted by Crippen LogP contribution is -2.48. The fourth-order valence-electron chi connectivity index (χ4n) is 5.48. The van der Waals surface area contributed by atoms with Crippen LogP contribution in [0.3, 0.4) is 0 Å². The van der Waals surface area contributed by atoms with Crippen molar-refractivity contribution >= 4 is 37.3 Å². The second-order valence-electron chi connectivity index (χ2n) is 10.3. The molecular weight excluding hydrogens is 589 g/mol. The second-order valence-corrected chi connectivity index (χ2v) is 14.6. The summed E-state index contributed by atoms with van der Waals surface area (Å²) in [5.41, 5.74) is 1.86. The number of piperazine rings is 1. The molecule has 0 N–H and O–H groups in total. The van der Waals surface area contributed by atoms with E-state index in [9.17, 15) is 21.2 Å². The van der Waals surface area contributed by atoms with Crippen molar-refractivity contribution in [1.82, 2.24) is 8.61 Å². The van der Waals surface area contributed by atoms with Crippen molar-refractivity contribution in [3.05, 3.63) is 83.1 Å². The monoisotopic (exact) mass is 621 g/mol. The van der Waals surface area contributed by atoms with Gasteiger partial charge in [-0.25, -0.2) is 21.2 Å². The summed E-state index contributed by atoms with van der Waals surface area (Å²) in [6, 6.07) is 18.4. The number of anilines is 1. The quantitative estimate of drug-likeness (QED) is 0.364. The average Bonchev–Trinajstić information content (AvgIpc) is 2.99.